The van der Waals surface area contributed by atoms with Crippen LogP contribution in [0.2, 0.25) is 0 Å². The molecule has 0 spiro atoms. The number of methoxy groups -OCH3 is 3. The fraction of sp³-hybridized carbons (Fsp3) is 0.250. The van der Waals surface area contributed by atoms with Gasteiger partial charge in [-0.3, -0.25) is 0 Å². The van der Waals surface area contributed by atoms with Gasteiger partial charge in [0.1, 0.15) is 0 Å². The van der Waals surface area contributed by atoms with Crippen LogP contribution >= 0.6 is 11.3 Å². The number of hydrogen-bond acceptors (Lipinski definition) is 8. The molecule has 0 atom stereocenters. The van der Waals surface area contributed by atoms with Gasteiger partial charge in [-0.2, -0.15) is 9.97 Å². The summed E-state index contributed by atoms with van der Waals surface area (Å²) in [5.74, 6) is 0.422. The molecule has 0 fully saturated rings. The van der Waals surface area contributed by atoms with Gasteiger partial charge >= 0.3 is 12.0 Å². The first-order chi connectivity index (χ1) is 9.67. The molecular weight excluding hydrogens is 284 g/mol. The van der Waals surface area contributed by atoms with Crippen molar-refractivity contribution in [1.29, 1.82) is 0 Å². The molecule has 0 unspecified atom stereocenters. The monoisotopic (exact) mass is 296 g/mol. The number of hydrogen-bond donors (Lipinski definition) is 0. The Morgan fingerprint density at radius 3 is 2.35 bits per heavy atom. The van der Waals surface area contributed by atoms with E-state index < -0.39 is 5.97 Å². The standard InChI is InChI=1S/C12H12N2O5S/c1-16-8-6-9(17-2)14-12(13-8)19-7-4-5-20-10(7)11(15)18-3/h4-6H,1-3H3. The first-order valence-electron chi connectivity index (χ1n) is 5.48. The van der Waals surface area contributed by atoms with Gasteiger partial charge < -0.3 is 18.9 Å². The summed E-state index contributed by atoms with van der Waals surface area (Å²) in [5, 5.41) is 1.71. The number of thiophene rings is 1. The van der Waals surface area contributed by atoms with E-state index in [-0.39, 0.29) is 6.01 Å². The van der Waals surface area contributed by atoms with E-state index >= 15 is 0 Å². The quantitative estimate of drug-likeness (QED) is 0.782. The maximum absolute atomic E-state index is 11.5. The average Bonchev–Trinajstić information content (AvgIpc) is 2.94. The van der Waals surface area contributed by atoms with Crippen LogP contribution in [0.15, 0.2) is 17.5 Å². The molecule has 0 aliphatic heterocycles. The predicted octanol–water partition coefficient (Wildman–Crippen LogP) is 2.13. The van der Waals surface area contributed by atoms with Gasteiger partial charge in [-0.25, -0.2) is 4.79 Å². The Morgan fingerprint density at radius 2 is 1.80 bits per heavy atom. The van der Waals surface area contributed by atoms with Gasteiger partial charge in [0.15, 0.2) is 10.6 Å². The van der Waals surface area contributed by atoms with Crippen LogP contribution < -0.4 is 14.2 Å². The second-order valence-corrected chi connectivity index (χ2v) is 4.36. The zero-order valence-corrected chi connectivity index (χ0v) is 11.9. The van der Waals surface area contributed by atoms with Crippen molar-refractivity contribution in [2.45, 2.75) is 0 Å². The Labute approximate surface area is 119 Å². The van der Waals surface area contributed by atoms with Crippen molar-refractivity contribution in [1.82, 2.24) is 9.97 Å². The van der Waals surface area contributed by atoms with Crippen molar-refractivity contribution in [2.24, 2.45) is 0 Å². The smallest absolute Gasteiger partial charge is 0.351 e. The van der Waals surface area contributed by atoms with Gasteiger partial charge in [-0.05, 0) is 11.4 Å². The molecule has 0 aromatic carbocycles. The zero-order chi connectivity index (χ0) is 14.5. The summed E-state index contributed by atoms with van der Waals surface area (Å²) in [6.45, 7) is 0. The van der Waals surface area contributed by atoms with Crippen LogP contribution in [-0.4, -0.2) is 37.3 Å². The molecule has 0 saturated carbocycles. The fourth-order valence-electron chi connectivity index (χ4n) is 1.36. The molecule has 106 valence electrons. The molecule has 20 heavy (non-hydrogen) atoms. The van der Waals surface area contributed by atoms with Gasteiger partial charge in [0.2, 0.25) is 11.8 Å². The maximum Gasteiger partial charge on any atom is 0.351 e. The number of carbonyl (C=O) groups excluding carboxylic acids is 1. The van der Waals surface area contributed by atoms with Gasteiger partial charge in [0, 0.05) is 0 Å². The topological polar surface area (TPSA) is 79.8 Å². The van der Waals surface area contributed by atoms with Crippen LogP contribution in [0, 0.1) is 0 Å². The van der Waals surface area contributed by atoms with Crippen molar-refractivity contribution in [3.63, 3.8) is 0 Å². The van der Waals surface area contributed by atoms with E-state index in [9.17, 15) is 4.79 Å². The van der Waals surface area contributed by atoms with Gasteiger partial charge in [-0.15, -0.1) is 11.3 Å². The minimum atomic E-state index is -0.482. The molecule has 0 aliphatic rings. The molecule has 0 aliphatic carbocycles. The van der Waals surface area contributed by atoms with Crippen molar-refractivity contribution in [3.8, 4) is 23.5 Å². The third-order valence-corrected chi connectivity index (χ3v) is 3.15. The summed E-state index contributed by atoms with van der Waals surface area (Å²) in [6, 6.07) is 3.17. The zero-order valence-electron chi connectivity index (χ0n) is 11.1. The Hall–Kier alpha value is -2.35. The summed E-state index contributed by atoms with van der Waals surface area (Å²) in [4.78, 5) is 19.9. The average molecular weight is 296 g/mol. The Bertz CT molecular complexity index is 591. The van der Waals surface area contributed by atoms with Crippen LogP contribution in [0.3, 0.4) is 0 Å². The lowest BCUT2D eigenvalue weighted by Crippen LogP contribution is -2.02. The highest BCUT2D eigenvalue weighted by atomic mass is 32.1. The number of carbonyl (C=O) groups is 1. The number of aromatic nitrogens is 2. The van der Waals surface area contributed by atoms with Crippen LogP contribution in [-0.2, 0) is 4.74 Å². The third-order valence-electron chi connectivity index (χ3n) is 2.28. The van der Waals surface area contributed by atoms with E-state index in [2.05, 4.69) is 14.7 Å². The molecule has 7 nitrogen and oxygen atoms in total. The van der Waals surface area contributed by atoms with Crippen LogP contribution in [0.5, 0.6) is 23.5 Å². The molecule has 0 bridgehead atoms. The molecule has 0 amide bonds. The summed E-state index contributed by atoms with van der Waals surface area (Å²) in [7, 11) is 4.24. The molecule has 2 aromatic rings. The number of rotatable bonds is 5. The van der Waals surface area contributed by atoms with E-state index in [4.69, 9.17) is 14.2 Å². The molecule has 0 radical (unpaired) electrons. The lowest BCUT2D eigenvalue weighted by molar-refractivity contribution is 0.0603. The molecule has 2 heterocycles. The third kappa shape index (κ3) is 2.97. The number of ether oxygens (including phenoxy) is 4. The van der Waals surface area contributed by atoms with Crippen LogP contribution in [0.25, 0.3) is 0 Å². The van der Waals surface area contributed by atoms with Crippen molar-refractivity contribution in [2.75, 3.05) is 21.3 Å². The molecule has 0 N–H and O–H groups in total. The second kappa shape index (κ2) is 6.20. The van der Waals surface area contributed by atoms with Crippen LogP contribution in [0.1, 0.15) is 9.67 Å². The van der Waals surface area contributed by atoms with Crippen molar-refractivity contribution < 1.29 is 23.7 Å². The molecule has 2 rings (SSSR count). The van der Waals surface area contributed by atoms with Gasteiger partial charge in [0.05, 0.1) is 27.4 Å². The number of esters is 1. The minimum absolute atomic E-state index is 0.0183. The van der Waals surface area contributed by atoms with Crippen LogP contribution in [0.4, 0.5) is 0 Å². The summed E-state index contributed by atoms with van der Waals surface area (Å²) >= 11 is 1.20. The second-order valence-electron chi connectivity index (χ2n) is 3.44. The fourth-order valence-corrected chi connectivity index (χ4v) is 2.09. The first-order valence-corrected chi connectivity index (χ1v) is 6.36. The Kier molecular flexibility index (Phi) is 4.36. The van der Waals surface area contributed by atoms with E-state index in [1.807, 2.05) is 0 Å². The SMILES string of the molecule is COC(=O)c1sccc1Oc1nc(OC)cc(OC)n1. The van der Waals surface area contributed by atoms with E-state index in [0.717, 1.165) is 0 Å². The highest BCUT2D eigenvalue weighted by molar-refractivity contribution is 7.12. The molecular formula is C12H12N2O5S. The minimum Gasteiger partial charge on any atom is -0.481 e. The summed E-state index contributed by atoms with van der Waals surface area (Å²) in [5.41, 5.74) is 0. The van der Waals surface area contributed by atoms with Gasteiger partial charge in [-0.1, -0.05) is 0 Å². The van der Waals surface area contributed by atoms with E-state index in [0.29, 0.717) is 22.4 Å². The summed E-state index contributed by atoms with van der Waals surface area (Å²) in [6.07, 6.45) is 0. The first kappa shape index (κ1) is 14.1. The lowest BCUT2D eigenvalue weighted by atomic mass is 10.4. The largest absolute Gasteiger partial charge is 0.481 e. The van der Waals surface area contributed by atoms with Crippen molar-refractivity contribution in [3.05, 3.63) is 22.4 Å². The summed E-state index contributed by atoms with van der Waals surface area (Å²) < 4.78 is 20.2. The highest BCUT2D eigenvalue weighted by Crippen LogP contribution is 2.30. The lowest BCUT2D eigenvalue weighted by Gasteiger charge is -2.07. The molecule has 0 saturated heterocycles. The Balaban J connectivity index is 2.30. The molecule has 2 aromatic heterocycles. The molecule has 8 heteroatoms. The van der Waals surface area contributed by atoms with E-state index in [1.54, 1.807) is 11.4 Å². The van der Waals surface area contributed by atoms with Crippen molar-refractivity contribution >= 4 is 17.3 Å². The van der Waals surface area contributed by atoms with E-state index in [1.165, 1.54) is 38.7 Å². The Morgan fingerprint density at radius 1 is 1.15 bits per heavy atom. The predicted molar refractivity (Wildman–Crippen MR) is 70.9 cm³/mol. The number of nitrogens with zero attached hydrogens (tertiary/aromatic N) is 2. The maximum atomic E-state index is 11.5. The highest BCUT2D eigenvalue weighted by Gasteiger charge is 2.17. The van der Waals surface area contributed by atoms with Gasteiger partial charge in [0.25, 0.3) is 0 Å². The normalized spacial score (nSPS) is 9.95.